The van der Waals surface area contributed by atoms with Crippen molar-refractivity contribution in [3.63, 3.8) is 0 Å². The number of benzene rings is 3. The van der Waals surface area contributed by atoms with E-state index in [9.17, 15) is 0 Å². The Labute approximate surface area is 161 Å². The van der Waals surface area contributed by atoms with Crippen molar-refractivity contribution >= 4 is 39.5 Å². The van der Waals surface area contributed by atoms with Crippen molar-refractivity contribution in [1.29, 1.82) is 0 Å². The molecule has 0 aliphatic heterocycles. The zero-order valence-corrected chi connectivity index (χ0v) is 15.2. The van der Waals surface area contributed by atoms with Gasteiger partial charge in [-0.15, -0.1) is 0 Å². The largest absolute Gasteiger partial charge is 0.339 e. The van der Waals surface area contributed by atoms with Gasteiger partial charge in [0.15, 0.2) is 0 Å². The molecule has 0 radical (unpaired) electrons. The van der Waals surface area contributed by atoms with E-state index < -0.39 is 0 Å². The fourth-order valence-corrected chi connectivity index (χ4v) is 3.45. The second-order valence-corrected chi connectivity index (χ2v) is 6.87. The number of anilines is 2. The molecule has 5 aromatic rings. The van der Waals surface area contributed by atoms with Crippen molar-refractivity contribution in [2.24, 2.45) is 0 Å². The van der Waals surface area contributed by atoms with Crippen LogP contribution in [0.5, 0.6) is 0 Å². The van der Waals surface area contributed by atoms with Crippen LogP contribution in [0.25, 0.3) is 27.7 Å². The highest BCUT2D eigenvalue weighted by atomic mass is 35.5. The van der Waals surface area contributed by atoms with Crippen LogP contribution in [0.4, 0.5) is 11.5 Å². The summed E-state index contributed by atoms with van der Waals surface area (Å²) in [6.45, 7) is 0. The molecule has 0 spiro atoms. The zero-order valence-electron chi connectivity index (χ0n) is 14.4. The van der Waals surface area contributed by atoms with Crippen LogP contribution in [0.15, 0.2) is 91.1 Å². The molecule has 0 aliphatic rings. The molecule has 4 heteroatoms. The van der Waals surface area contributed by atoms with Crippen LogP contribution in [0.1, 0.15) is 0 Å². The summed E-state index contributed by atoms with van der Waals surface area (Å²) in [4.78, 5) is 4.88. The van der Waals surface area contributed by atoms with Crippen molar-refractivity contribution in [3.8, 4) is 11.3 Å². The number of aromatic nitrogens is 2. The van der Waals surface area contributed by atoms with E-state index in [1.807, 2.05) is 48.7 Å². The van der Waals surface area contributed by atoms with Crippen molar-refractivity contribution in [3.05, 3.63) is 96.1 Å². The first-order chi connectivity index (χ1) is 13.3. The second kappa shape index (κ2) is 6.45. The maximum Gasteiger partial charge on any atom is 0.143 e. The highest BCUT2D eigenvalue weighted by Crippen LogP contribution is 2.33. The highest BCUT2D eigenvalue weighted by Gasteiger charge is 2.14. The summed E-state index contributed by atoms with van der Waals surface area (Å²) < 4.78 is 2.07. The Kier molecular flexibility index (Phi) is 3.80. The lowest BCUT2D eigenvalue weighted by Gasteiger charge is -2.09. The van der Waals surface area contributed by atoms with Crippen LogP contribution >= 0.6 is 11.6 Å². The molecule has 2 aromatic heterocycles. The van der Waals surface area contributed by atoms with E-state index in [2.05, 4.69) is 52.2 Å². The van der Waals surface area contributed by atoms with Crippen LogP contribution in [0.2, 0.25) is 5.02 Å². The number of pyridine rings is 1. The maximum absolute atomic E-state index is 6.03. The average Bonchev–Trinajstić information content (AvgIpc) is 3.08. The summed E-state index contributed by atoms with van der Waals surface area (Å²) in [6, 6.07) is 28.5. The molecule has 0 amide bonds. The topological polar surface area (TPSA) is 29.3 Å². The van der Waals surface area contributed by atoms with Crippen molar-refractivity contribution in [2.75, 3.05) is 5.32 Å². The van der Waals surface area contributed by atoms with Gasteiger partial charge in [0.1, 0.15) is 17.2 Å². The summed E-state index contributed by atoms with van der Waals surface area (Å²) in [7, 11) is 0. The van der Waals surface area contributed by atoms with Crippen LogP contribution in [0, 0.1) is 0 Å². The molecule has 0 bridgehead atoms. The SMILES string of the molecule is Clc1ccc(Nc2c(-c3ccc4ccccc4c3)nc3ccccn23)cc1. The lowest BCUT2D eigenvalue weighted by molar-refractivity contribution is 1.18. The number of nitrogens with one attached hydrogen (secondary N) is 1. The molecule has 1 N–H and O–H groups in total. The van der Waals surface area contributed by atoms with E-state index in [4.69, 9.17) is 16.6 Å². The number of rotatable bonds is 3. The minimum absolute atomic E-state index is 0.716. The Morgan fingerprint density at radius 1 is 0.778 bits per heavy atom. The van der Waals surface area contributed by atoms with Crippen LogP contribution in [0.3, 0.4) is 0 Å². The van der Waals surface area contributed by atoms with Crippen LogP contribution in [-0.4, -0.2) is 9.38 Å². The van der Waals surface area contributed by atoms with Gasteiger partial charge in [-0.05, 0) is 53.2 Å². The summed E-state index contributed by atoms with van der Waals surface area (Å²) in [5, 5.41) is 6.65. The molecule has 3 nitrogen and oxygen atoms in total. The minimum Gasteiger partial charge on any atom is -0.339 e. The molecular formula is C23H16ClN3. The Morgan fingerprint density at radius 2 is 1.56 bits per heavy atom. The van der Waals surface area contributed by atoms with E-state index >= 15 is 0 Å². The normalized spacial score (nSPS) is 11.1. The number of imidazole rings is 1. The first-order valence-electron chi connectivity index (χ1n) is 8.77. The Balaban J connectivity index is 1.69. The first kappa shape index (κ1) is 15.9. The maximum atomic E-state index is 6.03. The van der Waals surface area contributed by atoms with Crippen molar-refractivity contribution < 1.29 is 0 Å². The number of halogens is 1. The van der Waals surface area contributed by atoms with E-state index in [0.717, 1.165) is 28.4 Å². The van der Waals surface area contributed by atoms with Gasteiger partial charge in [-0.2, -0.15) is 0 Å². The lowest BCUT2D eigenvalue weighted by atomic mass is 10.1. The lowest BCUT2D eigenvalue weighted by Crippen LogP contribution is -1.96. The van der Waals surface area contributed by atoms with E-state index in [0.29, 0.717) is 5.02 Å². The zero-order chi connectivity index (χ0) is 18.2. The van der Waals surface area contributed by atoms with Gasteiger partial charge in [0, 0.05) is 22.5 Å². The first-order valence-corrected chi connectivity index (χ1v) is 9.14. The fraction of sp³-hybridized carbons (Fsp3) is 0. The molecule has 130 valence electrons. The average molecular weight is 370 g/mol. The van der Waals surface area contributed by atoms with E-state index in [-0.39, 0.29) is 0 Å². The molecule has 0 fully saturated rings. The molecular weight excluding hydrogens is 354 g/mol. The summed E-state index contributed by atoms with van der Waals surface area (Å²) in [5.41, 5.74) is 3.86. The van der Waals surface area contributed by atoms with Gasteiger partial charge in [0.2, 0.25) is 0 Å². The van der Waals surface area contributed by atoms with Crippen LogP contribution in [-0.2, 0) is 0 Å². The Morgan fingerprint density at radius 3 is 2.41 bits per heavy atom. The van der Waals surface area contributed by atoms with Crippen LogP contribution < -0.4 is 5.32 Å². The third-order valence-corrected chi connectivity index (χ3v) is 4.91. The predicted octanol–water partition coefficient (Wildman–Crippen LogP) is 6.55. The molecule has 2 heterocycles. The second-order valence-electron chi connectivity index (χ2n) is 6.43. The van der Waals surface area contributed by atoms with Crippen molar-refractivity contribution in [1.82, 2.24) is 9.38 Å². The van der Waals surface area contributed by atoms with Gasteiger partial charge in [-0.1, -0.05) is 54.1 Å². The Bertz CT molecular complexity index is 1260. The monoisotopic (exact) mass is 369 g/mol. The number of fused-ring (bicyclic) bond motifs is 2. The van der Waals surface area contributed by atoms with Gasteiger partial charge in [-0.3, -0.25) is 4.40 Å². The summed E-state index contributed by atoms with van der Waals surface area (Å²) >= 11 is 6.03. The quantitative estimate of drug-likeness (QED) is 0.390. The third-order valence-electron chi connectivity index (χ3n) is 4.66. The van der Waals surface area contributed by atoms with Gasteiger partial charge >= 0.3 is 0 Å². The highest BCUT2D eigenvalue weighted by molar-refractivity contribution is 6.30. The molecule has 0 saturated heterocycles. The molecule has 0 aliphatic carbocycles. The van der Waals surface area contributed by atoms with Gasteiger partial charge in [-0.25, -0.2) is 4.98 Å². The summed E-state index contributed by atoms with van der Waals surface area (Å²) in [5.74, 6) is 0.934. The van der Waals surface area contributed by atoms with Gasteiger partial charge in [0.05, 0.1) is 0 Å². The third kappa shape index (κ3) is 2.92. The van der Waals surface area contributed by atoms with E-state index in [1.54, 1.807) is 0 Å². The minimum atomic E-state index is 0.716. The fourth-order valence-electron chi connectivity index (χ4n) is 3.32. The number of hydrogen-bond donors (Lipinski definition) is 1. The molecule has 27 heavy (non-hydrogen) atoms. The van der Waals surface area contributed by atoms with Crippen molar-refractivity contribution in [2.45, 2.75) is 0 Å². The summed E-state index contributed by atoms with van der Waals surface area (Å²) in [6.07, 6.45) is 2.02. The van der Waals surface area contributed by atoms with Gasteiger partial charge in [0.25, 0.3) is 0 Å². The predicted molar refractivity (Wildman–Crippen MR) is 113 cm³/mol. The Hall–Kier alpha value is -3.30. The molecule has 0 saturated carbocycles. The van der Waals surface area contributed by atoms with Gasteiger partial charge < -0.3 is 5.32 Å². The number of nitrogens with zero attached hydrogens (tertiary/aromatic N) is 2. The smallest absolute Gasteiger partial charge is 0.143 e. The standard InChI is InChI=1S/C23H16ClN3/c24-19-10-12-20(13-11-19)25-23-22(26-21-7-3-4-14-27(21)23)18-9-8-16-5-1-2-6-17(16)15-18/h1-15,25H. The number of hydrogen-bond acceptors (Lipinski definition) is 2. The molecule has 0 unspecified atom stereocenters. The van der Waals surface area contributed by atoms with E-state index in [1.165, 1.54) is 10.8 Å². The molecule has 0 atom stereocenters. The molecule has 5 rings (SSSR count). The molecule has 3 aromatic carbocycles.